The molecule has 1 aliphatic rings. The Balaban J connectivity index is 2.25. The Labute approximate surface area is 101 Å². The Morgan fingerprint density at radius 2 is 2.12 bits per heavy atom. The van der Waals surface area contributed by atoms with Crippen molar-refractivity contribution >= 4 is 11.3 Å². The fourth-order valence-corrected chi connectivity index (χ4v) is 3.43. The lowest BCUT2D eigenvalue weighted by atomic mass is 9.85. The SMILES string of the molecule is COC1(c2ncc(C(C)N)s2)CCCCC1. The van der Waals surface area contributed by atoms with Crippen LogP contribution in [0.3, 0.4) is 0 Å². The fraction of sp³-hybridized carbons (Fsp3) is 0.750. The summed E-state index contributed by atoms with van der Waals surface area (Å²) in [4.78, 5) is 5.67. The molecule has 1 aromatic heterocycles. The van der Waals surface area contributed by atoms with Crippen LogP contribution in [0.1, 0.15) is 55.0 Å². The predicted octanol–water partition coefficient (Wildman–Crippen LogP) is 2.97. The summed E-state index contributed by atoms with van der Waals surface area (Å²) in [5.41, 5.74) is 5.74. The van der Waals surface area contributed by atoms with E-state index in [1.54, 1.807) is 18.4 Å². The van der Waals surface area contributed by atoms with Gasteiger partial charge in [-0.15, -0.1) is 11.3 Å². The molecule has 0 saturated heterocycles. The molecule has 0 amide bonds. The Morgan fingerprint density at radius 3 is 2.62 bits per heavy atom. The van der Waals surface area contributed by atoms with Gasteiger partial charge in [-0.1, -0.05) is 19.3 Å². The summed E-state index contributed by atoms with van der Waals surface area (Å²) in [6, 6.07) is 0.0729. The lowest BCUT2D eigenvalue weighted by Crippen LogP contribution is -2.30. The third-order valence-corrected chi connectivity index (χ3v) is 4.80. The van der Waals surface area contributed by atoms with Crippen LogP contribution in [0.2, 0.25) is 0 Å². The smallest absolute Gasteiger partial charge is 0.125 e. The second kappa shape index (κ2) is 4.82. The van der Waals surface area contributed by atoms with Crippen LogP contribution in [0.15, 0.2) is 6.20 Å². The predicted molar refractivity (Wildman–Crippen MR) is 66.5 cm³/mol. The van der Waals surface area contributed by atoms with Crippen molar-refractivity contribution in [2.45, 2.75) is 50.7 Å². The molecule has 3 nitrogen and oxygen atoms in total. The molecular formula is C12H20N2OS. The highest BCUT2D eigenvalue weighted by Gasteiger charge is 2.36. The Kier molecular flexibility index (Phi) is 3.62. The first-order chi connectivity index (χ1) is 7.68. The van der Waals surface area contributed by atoms with E-state index in [2.05, 4.69) is 4.98 Å². The van der Waals surface area contributed by atoms with Crippen molar-refractivity contribution in [3.63, 3.8) is 0 Å². The molecule has 0 aliphatic heterocycles. The molecule has 0 aromatic carbocycles. The molecule has 4 heteroatoms. The molecule has 0 spiro atoms. The van der Waals surface area contributed by atoms with E-state index < -0.39 is 0 Å². The standard InChI is InChI=1S/C12H20N2OS/c1-9(13)10-8-14-11(16-10)12(15-2)6-4-3-5-7-12/h8-9H,3-7,13H2,1-2H3. The van der Waals surface area contributed by atoms with Crippen LogP contribution in [-0.2, 0) is 10.3 Å². The quantitative estimate of drug-likeness (QED) is 0.883. The lowest BCUT2D eigenvalue weighted by Gasteiger charge is -2.34. The van der Waals surface area contributed by atoms with Gasteiger partial charge in [-0.25, -0.2) is 4.98 Å². The van der Waals surface area contributed by atoms with Gasteiger partial charge in [0.2, 0.25) is 0 Å². The molecule has 1 atom stereocenters. The Morgan fingerprint density at radius 1 is 1.44 bits per heavy atom. The van der Waals surface area contributed by atoms with Gasteiger partial charge in [0.25, 0.3) is 0 Å². The van der Waals surface area contributed by atoms with Gasteiger partial charge in [0, 0.05) is 24.2 Å². The number of rotatable bonds is 3. The van der Waals surface area contributed by atoms with Gasteiger partial charge in [-0.3, -0.25) is 0 Å². The van der Waals surface area contributed by atoms with Gasteiger partial charge in [-0.05, 0) is 19.8 Å². The largest absolute Gasteiger partial charge is 0.371 e. The molecule has 0 radical (unpaired) electrons. The van der Waals surface area contributed by atoms with E-state index in [1.165, 1.54) is 19.3 Å². The van der Waals surface area contributed by atoms with Gasteiger partial charge >= 0.3 is 0 Å². The van der Waals surface area contributed by atoms with Crippen LogP contribution < -0.4 is 5.73 Å². The number of methoxy groups -OCH3 is 1. The van der Waals surface area contributed by atoms with Crippen LogP contribution in [-0.4, -0.2) is 12.1 Å². The topological polar surface area (TPSA) is 48.1 Å². The highest BCUT2D eigenvalue weighted by atomic mass is 32.1. The summed E-state index contributed by atoms with van der Waals surface area (Å²) in [7, 11) is 1.80. The second-order valence-corrected chi connectivity index (χ2v) is 5.68. The third kappa shape index (κ3) is 2.14. The maximum atomic E-state index is 5.87. The van der Waals surface area contributed by atoms with E-state index in [0.29, 0.717) is 0 Å². The van der Waals surface area contributed by atoms with Crippen LogP contribution in [0.25, 0.3) is 0 Å². The lowest BCUT2D eigenvalue weighted by molar-refractivity contribution is -0.0446. The summed E-state index contributed by atoms with van der Waals surface area (Å²) < 4.78 is 5.76. The molecule has 16 heavy (non-hydrogen) atoms. The number of ether oxygens (including phenoxy) is 1. The van der Waals surface area contributed by atoms with E-state index in [0.717, 1.165) is 22.7 Å². The minimum absolute atomic E-state index is 0.0729. The first-order valence-corrected chi connectivity index (χ1v) is 6.76. The van der Waals surface area contributed by atoms with E-state index in [4.69, 9.17) is 10.5 Å². The Hall–Kier alpha value is -0.450. The second-order valence-electron chi connectivity index (χ2n) is 4.62. The zero-order chi connectivity index (χ0) is 11.6. The number of thiazole rings is 1. The van der Waals surface area contributed by atoms with Crippen molar-refractivity contribution < 1.29 is 4.74 Å². The van der Waals surface area contributed by atoms with Crippen molar-refractivity contribution in [3.05, 3.63) is 16.1 Å². The van der Waals surface area contributed by atoms with Crippen LogP contribution in [0, 0.1) is 0 Å². The molecular weight excluding hydrogens is 220 g/mol. The number of nitrogens with zero attached hydrogens (tertiary/aromatic N) is 1. The first-order valence-electron chi connectivity index (χ1n) is 5.95. The van der Waals surface area contributed by atoms with Crippen LogP contribution in [0.4, 0.5) is 0 Å². The maximum absolute atomic E-state index is 5.87. The molecule has 90 valence electrons. The van der Waals surface area contributed by atoms with E-state index in [1.807, 2.05) is 13.1 Å². The summed E-state index contributed by atoms with van der Waals surface area (Å²) >= 11 is 1.71. The number of aromatic nitrogens is 1. The highest BCUT2D eigenvalue weighted by molar-refractivity contribution is 7.11. The Bertz CT molecular complexity index is 343. The summed E-state index contributed by atoms with van der Waals surface area (Å²) in [6.07, 6.45) is 7.88. The number of nitrogens with two attached hydrogens (primary N) is 1. The monoisotopic (exact) mass is 240 g/mol. The minimum Gasteiger partial charge on any atom is -0.371 e. The number of hydrogen-bond donors (Lipinski definition) is 1. The summed E-state index contributed by atoms with van der Waals surface area (Å²) in [5.74, 6) is 0. The molecule has 1 unspecified atom stereocenters. The molecule has 2 N–H and O–H groups in total. The summed E-state index contributed by atoms with van der Waals surface area (Å²) in [5, 5.41) is 1.11. The van der Waals surface area contributed by atoms with E-state index >= 15 is 0 Å². The maximum Gasteiger partial charge on any atom is 0.125 e. The minimum atomic E-state index is -0.129. The van der Waals surface area contributed by atoms with E-state index in [9.17, 15) is 0 Å². The van der Waals surface area contributed by atoms with Crippen molar-refractivity contribution in [2.24, 2.45) is 5.73 Å². The highest BCUT2D eigenvalue weighted by Crippen LogP contribution is 2.42. The van der Waals surface area contributed by atoms with Gasteiger partial charge in [0.15, 0.2) is 0 Å². The number of hydrogen-bond acceptors (Lipinski definition) is 4. The summed E-state index contributed by atoms with van der Waals surface area (Å²) in [6.45, 7) is 2.00. The van der Waals surface area contributed by atoms with Gasteiger partial charge in [0.05, 0.1) is 0 Å². The normalized spacial score (nSPS) is 21.9. The van der Waals surface area contributed by atoms with Crippen molar-refractivity contribution in [1.29, 1.82) is 0 Å². The molecule has 1 fully saturated rings. The first kappa shape index (κ1) is 12.0. The van der Waals surface area contributed by atoms with Crippen LogP contribution >= 0.6 is 11.3 Å². The zero-order valence-electron chi connectivity index (χ0n) is 10.0. The fourth-order valence-electron chi connectivity index (χ4n) is 2.34. The molecule has 1 heterocycles. The van der Waals surface area contributed by atoms with Gasteiger partial charge < -0.3 is 10.5 Å². The zero-order valence-corrected chi connectivity index (χ0v) is 10.8. The molecule has 1 saturated carbocycles. The van der Waals surface area contributed by atoms with Gasteiger partial charge in [-0.2, -0.15) is 0 Å². The molecule has 1 aromatic rings. The molecule has 0 bridgehead atoms. The van der Waals surface area contributed by atoms with Crippen molar-refractivity contribution in [3.8, 4) is 0 Å². The molecule has 1 aliphatic carbocycles. The third-order valence-electron chi connectivity index (χ3n) is 3.41. The average molecular weight is 240 g/mol. The van der Waals surface area contributed by atoms with Crippen molar-refractivity contribution in [2.75, 3.05) is 7.11 Å². The van der Waals surface area contributed by atoms with Crippen LogP contribution in [0.5, 0.6) is 0 Å². The average Bonchev–Trinajstić information content (AvgIpc) is 2.80. The molecule has 2 rings (SSSR count). The van der Waals surface area contributed by atoms with Gasteiger partial charge in [0.1, 0.15) is 10.6 Å². The van der Waals surface area contributed by atoms with Crippen molar-refractivity contribution in [1.82, 2.24) is 4.98 Å². The van der Waals surface area contributed by atoms with E-state index in [-0.39, 0.29) is 11.6 Å².